The van der Waals surface area contributed by atoms with E-state index in [1.807, 2.05) is 31.2 Å². The van der Waals surface area contributed by atoms with Crippen molar-refractivity contribution in [2.45, 2.75) is 6.92 Å². The predicted molar refractivity (Wildman–Crippen MR) is 100 cm³/mol. The number of carbonyl (C=O) groups excluding carboxylic acids is 2. The average Bonchev–Trinajstić information content (AvgIpc) is 2.62. The minimum absolute atomic E-state index is 0.267. The monoisotopic (exact) mass is 348 g/mol. The second-order valence-electron chi connectivity index (χ2n) is 5.66. The van der Waals surface area contributed by atoms with Gasteiger partial charge >= 0.3 is 11.8 Å². The van der Waals surface area contributed by atoms with Crippen LogP contribution in [-0.2, 0) is 9.59 Å². The summed E-state index contributed by atoms with van der Waals surface area (Å²) >= 11 is 0. The van der Waals surface area contributed by atoms with Gasteiger partial charge < -0.3 is 10.3 Å². The summed E-state index contributed by atoms with van der Waals surface area (Å²) in [5.74, 6) is -1.78. The number of rotatable bonds is 3. The van der Waals surface area contributed by atoms with Gasteiger partial charge in [-0.05, 0) is 42.1 Å². The quantitative estimate of drug-likeness (QED) is 0.383. The maximum atomic E-state index is 12.0. The lowest BCUT2D eigenvalue weighted by molar-refractivity contribution is -0.136. The number of hydrogen-bond donors (Lipinski definition) is 3. The van der Waals surface area contributed by atoms with Gasteiger partial charge in [-0.1, -0.05) is 30.3 Å². The number of H-pyrrole nitrogens is 1. The number of para-hydroxylation sites is 1. The van der Waals surface area contributed by atoms with Crippen molar-refractivity contribution in [1.29, 1.82) is 0 Å². The Balaban J connectivity index is 1.66. The maximum Gasteiger partial charge on any atom is 0.329 e. The molecule has 26 heavy (non-hydrogen) atoms. The number of nitrogens with one attached hydrogen (secondary N) is 3. The maximum absolute atomic E-state index is 12.0. The van der Waals surface area contributed by atoms with Crippen LogP contribution in [0.2, 0.25) is 0 Å². The molecule has 2 aromatic carbocycles. The molecule has 0 unspecified atom stereocenters. The van der Waals surface area contributed by atoms with Crippen LogP contribution in [0.25, 0.3) is 10.9 Å². The summed E-state index contributed by atoms with van der Waals surface area (Å²) in [6.07, 6.45) is 1.20. The first-order valence-electron chi connectivity index (χ1n) is 7.86. The molecule has 0 atom stereocenters. The van der Waals surface area contributed by atoms with Gasteiger partial charge in [0.2, 0.25) is 0 Å². The van der Waals surface area contributed by atoms with Crippen molar-refractivity contribution in [3.05, 3.63) is 76.1 Å². The van der Waals surface area contributed by atoms with Crippen molar-refractivity contribution in [3.8, 4) is 0 Å². The third-order valence-corrected chi connectivity index (χ3v) is 3.63. The van der Waals surface area contributed by atoms with E-state index < -0.39 is 11.8 Å². The number of benzene rings is 2. The number of anilines is 1. The molecule has 3 N–H and O–H groups in total. The molecule has 0 aliphatic rings. The molecule has 130 valence electrons. The number of hydrogen-bond acceptors (Lipinski definition) is 4. The van der Waals surface area contributed by atoms with Crippen LogP contribution in [0.3, 0.4) is 0 Å². The number of aromatic nitrogens is 1. The highest BCUT2D eigenvalue weighted by molar-refractivity contribution is 6.39. The minimum atomic E-state index is -0.931. The van der Waals surface area contributed by atoms with E-state index in [1.165, 1.54) is 6.21 Å². The summed E-state index contributed by atoms with van der Waals surface area (Å²) in [7, 11) is 0. The molecule has 7 heteroatoms. The van der Waals surface area contributed by atoms with Gasteiger partial charge in [-0.3, -0.25) is 14.4 Å². The summed E-state index contributed by atoms with van der Waals surface area (Å²) in [5, 5.41) is 6.99. The van der Waals surface area contributed by atoms with Gasteiger partial charge in [0.25, 0.3) is 5.56 Å². The molecule has 0 spiro atoms. The Morgan fingerprint density at radius 3 is 2.65 bits per heavy atom. The van der Waals surface area contributed by atoms with E-state index in [0.717, 1.165) is 10.9 Å². The van der Waals surface area contributed by atoms with Crippen LogP contribution in [0.15, 0.2) is 64.5 Å². The van der Waals surface area contributed by atoms with Gasteiger partial charge in [0.15, 0.2) is 0 Å². The standard InChI is InChI=1S/C19H16N4O3/c1-12-5-4-7-15(9-12)21-18(25)19(26)23-20-11-14-10-13-6-2-3-8-16(13)22-17(14)24/h2-11H,1H3,(H,21,25)(H,22,24)(H,23,26)/b20-11-. The van der Waals surface area contributed by atoms with Crippen LogP contribution < -0.4 is 16.3 Å². The Morgan fingerprint density at radius 2 is 1.85 bits per heavy atom. The van der Waals surface area contributed by atoms with Gasteiger partial charge in [-0.2, -0.15) is 5.10 Å². The zero-order chi connectivity index (χ0) is 18.5. The molecule has 3 rings (SSSR count). The molecule has 0 aliphatic carbocycles. The number of pyridine rings is 1. The molecule has 3 aromatic rings. The number of amides is 2. The lowest BCUT2D eigenvalue weighted by Crippen LogP contribution is -2.32. The van der Waals surface area contributed by atoms with Crippen LogP contribution in [0, 0.1) is 6.92 Å². The number of aromatic amines is 1. The summed E-state index contributed by atoms with van der Waals surface area (Å²) in [5.41, 5.74) is 4.21. The smallest absolute Gasteiger partial charge is 0.321 e. The average molecular weight is 348 g/mol. The minimum Gasteiger partial charge on any atom is -0.321 e. The number of fused-ring (bicyclic) bond motifs is 1. The molecule has 0 bridgehead atoms. The Hall–Kier alpha value is -3.74. The molecule has 7 nitrogen and oxygen atoms in total. The molecule has 0 fully saturated rings. The lowest BCUT2D eigenvalue weighted by Gasteiger charge is -2.04. The number of hydrazone groups is 1. The third kappa shape index (κ3) is 4.02. The summed E-state index contributed by atoms with van der Waals surface area (Å²) < 4.78 is 0. The van der Waals surface area contributed by atoms with E-state index in [4.69, 9.17) is 0 Å². The third-order valence-electron chi connectivity index (χ3n) is 3.63. The van der Waals surface area contributed by atoms with E-state index in [0.29, 0.717) is 11.2 Å². The predicted octanol–water partition coefficient (Wildman–Crippen LogP) is 1.93. The van der Waals surface area contributed by atoms with Gasteiger partial charge in [0, 0.05) is 11.2 Å². The van der Waals surface area contributed by atoms with Crippen molar-refractivity contribution in [3.63, 3.8) is 0 Å². The van der Waals surface area contributed by atoms with Gasteiger partial charge in [0.05, 0.1) is 11.8 Å². The fourth-order valence-corrected chi connectivity index (χ4v) is 2.38. The van der Waals surface area contributed by atoms with Gasteiger partial charge in [0.1, 0.15) is 0 Å². The summed E-state index contributed by atoms with van der Waals surface area (Å²) in [6, 6.07) is 16.0. The van der Waals surface area contributed by atoms with Gasteiger partial charge in [-0.15, -0.1) is 0 Å². The SMILES string of the molecule is Cc1cccc(NC(=O)C(=O)N/N=C\c2cc3ccccc3[nH]c2=O)c1. The second kappa shape index (κ2) is 7.43. The highest BCUT2D eigenvalue weighted by Crippen LogP contribution is 2.10. The van der Waals surface area contributed by atoms with Crippen molar-refractivity contribution in [1.82, 2.24) is 10.4 Å². The molecule has 1 aromatic heterocycles. The fourth-order valence-electron chi connectivity index (χ4n) is 2.38. The Kier molecular flexibility index (Phi) is 4.89. The van der Waals surface area contributed by atoms with Crippen molar-refractivity contribution in [2.75, 3.05) is 5.32 Å². The van der Waals surface area contributed by atoms with E-state index in [1.54, 1.807) is 30.3 Å². The van der Waals surface area contributed by atoms with Crippen molar-refractivity contribution in [2.24, 2.45) is 5.10 Å². The Labute approximate surface area is 148 Å². The molecule has 1 heterocycles. The van der Waals surface area contributed by atoms with E-state index in [-0.39, 0.29) is 11.1 Å². The van der Waals surface area contributed by atoms with Gasteiger partial charge in [-0.25, -0.2) is 5.43 Å². The van der Waals surface area contributed by atoms with Crippen LogP contribution >= 0.6 is 0 Å². The summed E-state index contributed by atoms with van der Waals surface area (Å²) in [4.78, 5) is 38.3. The van der Waals surface area contributed by atoms with E-state index in [9.17, 15) is 14.4 Å². The summed E-state index contributed by atoms with van der Waals surface area (Å²) in [6.45, 7) is 1.88. The molecule has 0 radical (unpaired) electrons. The number of aryl methyl sites for hydroxylation is 1. The first-order chi connectivity index (χ1) is 12.5. The zero-order valence-corrected chi connectivity index (χ0v) is 13.9. The first kappa shape index (κ1) is 17.1. The zero-order valence-electron chi connectivity index (χ0n) is 13.9. The van der Waals surface area contributed by atoms with E-state index >= 15 is 0 Å². The lowest BCUT2D eigenvalue weighted by atomic mass is 10.2. The van der Waals surface area contributed by atoms with Crippen LogP contribution in [0.1, 0.15) is 11.1 Å². The molecule has 2 amide bonds. The van der Waals surface area contributed by atoms with Crippen LogP contribution in [0.4, 0.5) is 5.69 Å². The van der Waals surface area contributed by atoms with Crippen molar-refractivity contribution >= 4 is 34.6 Å². The number of nitrogens with zero attached hydrogens (tertiary/aromatic N) is 1. The second-order valence-corrected chi connectivity index (χ2v) is 5.66. The molecule has 0 saturated carbocycles. The largest absolute Gasteiger partial charge is 0.329 e. The molecule has 0 saturated heterocycles. The Bertz CT molecular complexity index is 1070. The van der Waals surface area contributed by atoms with E-state index in [2.05, 4.69) is 20.8 Å². The fraction of sp³-hybridized carbons (Fsp3) is 0.0526. The molecular weight excluding hydrogens is 332 g/mol. The first-order valence-corrected chi connectivity index (χ1v) is 7.86. The van der Waals surface area contributed by atoms with Crippen LogP contribution in [0.5, 0.6) is 0 Å². The Morgan fingerprint density at radius 1 is 1.04 bits per heavy atom. The molecule has 0 aliphatic heterocycles. The normalized spacial score (nSPS) is 10.8. The highest BCUT2D eigenvalue weighted by Gasteiger charge is 2.12. The number of carbonyl (C=O) groups is 2. The topological polar surface area (TPSA) is 103 Å². The highest BCUT2D eigenvalue weighted by atomic mass is 16.2. The van der Waals surface area contributed by atoms with Crippen LogP contribution in [-0.4, -0.2) is 23.0 Å². The van der Waals surface area contributed by atoms with Crippen molar-refractivity contribution < 1.29 is 9.59 Å². The molecular formula is C19H16N4O3.